The Hall–Kier alpha value is -1.21. The van der Waals surface area contributed by atoms with E-state index in [1.807, 2.05) is 0 Å². The molecule has 0 aromatic heterocycles. The van der Waals surface area contributed by atoms with Gasteiger partial charge in [0, 0.05) is 12.2 Å². The van der Waals surface area contributed by atoms with Gasteiger partial charge in [-0.2, -0.15) is 0 Å². The summed E-state index contributed by atoms with van der Waals surface area (Å²) in [7, 11) is -7.72. The molecule has 0 saturated heterocycles. The first-order valence-corrected chi connectivity index (χ1v) is 9.12. The predicted octanol–water partition coefficient (Wildman–Crippen LogP) is 1.89. The minimum Gasteiger partial charge on any atom is -0.293 e. The highest BCUT2D eigenvalue weighted by atomic mass is 32.2. The van der Waals surface area contributed by atoms with Crippen LogP contribution in [0.3, 0.4) is 0 Å². The zero-order chi connectivity index (χ0) is 14.8. The lowest BCUT2D eigenvalue weighted by Gasteiger charge is -2.13. The highest BCUT2D eigenvalue weighted by Crippen LogP contribution is 2.24. The largest absolute Gasteiger partial charge is 0.293 e. The Morgan fingerprint density at radius 2 is 1.63 bits per heavy atom. The topological polar surface area (TPSA) is 92.1 Å². The molecule has 0 aliphatic carbocycles. The fourth-order valence-corrected chi connectivity index (χ4v) is 4.61. The van der Waals surface area contributed by atoms with E-state index in [2.05, 4.69) is 0 Å². The van der Waals surface area contributed by atoms with E-state index >= 15 is 0 Å². The summed E-state index contributed by atoms with van der Waals surface area (Å²) in [6.45, 7) is 3.40. The molecule has 1 rings (SSSR count). The molecule has 1 aromatic rings. The fraction of sp³-hybridized carbons (Fsp3) is 0.417. The molecular weight excluding hydrogens is 286 g/mol. The van der Waals surface area contributed by atoms with Crippen LogP contribution in [0, 0.1) is 11.3 Å². The number of benzene rings is 1. The molecule has 1 aromatic carbocycles. The van der Waals surface area contributed by atoms with E-state index in [4.69, 9.17) is 5.41 Å². The molecule has 0 fully saturated rings. The van der Waals surface area contributed by atoms with Crippen LogP contribution in [0.15, 0.2) is 34.1 Å². The molecule has 106 valence electrons. The van der Waals surface area contributed by atoms with Crippen LogP contribution in [0.25, 0.3) is 0 Å². The molecule has 0 radical (unpaired) electrons. The molecule has 5 nitrogen and oxygen atoms in total. The highest BCUT2D eigenvalue weighted by Gasteiger charge is 2.29. The molecule has 1 N–H and O–H groups in total. The summed E-state index contributed by atoms with van der Waals surface area (Å²) in [5.74, 6) is -0.447. The average molecular weight is 303 g/mol. The summed E-state index contributed by atoms with van der Waals surface area (Å²) in [5.41, 5.74) is 0. The first-order chi connectivity index (χ1) is 8.62. The van der Waals surface area contributed by atoms with E-state index in [9.17, 15) is 16.8 Å². The van der Waals surface area contributed by atoms with Gasteiger partial charge in [-0.15, -0.1) is 0 Å². The van der Waals surface area contributed by atoms with Crippen LogP contribution in [0.2, 0.25) is 0 Å². The Bertz CT molecular complexity index is 690. The second-order valence-electron chi connectivity index (χ2n) is 4.40. The van der Waals surface area contributed by atoms with Crippen molar-refractivity contribution < 1.29 is 16.8 Å². The molecule has 0 amide bonds. The number of hydrogen-bond donors (Lipinski definition) is 1. The number of sulfone groups is 2. The van der Waals surface area contributed by atoms with Crippen LogP contribution < -0.4 is 0 Å². The Morgan fingerprint density at radius 3 is 2.05 bits per heavy atom. The highest BCUT2D eigenvalue weighted by molar-refractivity contribution is 8.06. The summed E-state index contributed by atoms with van der Waals surface area (Å²) < 4.78 is 47.9. The minimum absolute atomic E-state index is 0.261. The van der Waals surface area contributed by atoms with Crippen molar-refractivity contribution in [3.8, 4) is 0 Å². The third-order valence-electron chi connectivity index (χ3n) is 2.89. The van der Waals surface area contributed by atoms with E-state index in [0.717, 1.165) is 6.26 Å². The SMILES string of the molecule is CC[C@@H](C)C(=N)S(=O)(=O)c1ccccc1S(C)(=O)=O. The summed E-state index contributed by atoms with van der Waals surface area (Å²) in [4.78, 5) is -0.578. The molecule has 0 aliphatic heterocycles. The number of nitrogens with one attached hydrogen (secondary N) is 1. The Kier molecular flexibility index (Phi) is 4.52. The minimum atomic E-state index is -4.06. The maximum Gasteiger partial charge on any atom is 0.220 e. The molecule has 19 heavy (non-hydrogen) atoms. The zero-order valence-electron chi connectivity index (χ0n) is 11.0. The molecule has 0 heterocycles. The Morgan fingerprint density at radius 1 is 1.16 bits per heavy atom. The standard InChI is InChI=1S/C12H17NO4S2/c1-4-9(2)12(13)19(16,17)11-8-6-5-7-10(11)18(3,14)15/h5-9,13H,4H2,1-3H3/t9-/m1/s1. The maximum atomic E-state index is 12.3. The predicted molar refractivity (Wildman–Crippen MR) is 73.9 cm³/mol. The van der Waals surface area contributed by atoms with Gasteiger partial charge in [0.05, 0.1) is 9.79 Å². The Balaban J connectivity index is 3.52. The monoisotopic (exact) mass is 303 g/mol. The van der Waals surface area contributed by atoms with Crippen molar-refractivity contribution in [2.75, 3.05) is 6.26 Å². The molecule has 0 bridgehead atoms. The first-order valence-electron chi connectivity index (χ1n) is 5.75. The second kappa shape index (κ2) is 5.42. The van der Waals surface area contributed by atoms with Gasteiger partial charge in [0.15, 0.2) is 9.84 Å². The lowest BCUT2D eigenvalue weighted by atomic mass is 10.1. The van der Waals surface area contributed by atoms with Gasteiger partial charge in [-0.1, -0.05) is 26.0 Å². The van der Waals surface area contributed by atoms with Crippen molar-refractivity contribution in [1.82, 2.24) is 0 Å². The summed E-state index contributed by atoms with van der Waals surface area (Å²) in [6.07, 6.45) is 1.45. The maximum absolute atomic E-state index is 12.3. The second-order valence-corrected chi connectivity index (χ2v) is 8.27. The van der Waals surface area contributed by atoms with Crippen molar-refractivity contribution in [2.45, 2.75) is 30.1 Å². The summed E-state index contributed by atoms with van der Waals surface area (Å²) in [5, 5.41) is 7.30. The first kappa shape index (κ1) is 15.8. The van der Waals surface area contributed by atoms with Crippen LogP contribution in [0.4, 0.5) is 0 Å². The van der Waals surface area contributed by atoms with Gasteiger partial charge in [0.1, 0.15) is 5.04 Å². The molecule has 7 heteroatoms. The van der Waals surface area contributed by atoms with Gasteiger partial charge >= 0.3 is 0 Å². The third-order valence-corrected chi connectivity index (χ3v) is 6.09. The van der Waals surface area contributed by atoms with Crippen LogP contribution in [-0.4, -0.2) is 28.1 Å². The molecule has 0 unspecified atom stereocenters. The molecule has 0 spiro atoms. The average Bonchev–Trinajstić information content (AvgIpc) is 2.35. The van der Waals surface area contributed by atoms with Crippen molar-refractivity contribution in [1.29, 1.82) is 5.41 Å². The quantitative estimate of drug-likeness (QED) is 0.679. The van der Waals surface area contributed by atoms with Gasteiger partial charge in [-0.25, -0.2) is 16.8 Å². The van der Waals surface area contributed by atoms with Crippen molar-refractivity contribution in [3.05, 3.63) is 24.3 Å². The smallest absolute Gasteiger partial charge is 0.220 e. The summed E-state index contributed by atoms with van der Waals surface area (Å²) >= 11 is 0. The Labute approximate surface area is 114 Å². The zero-order valence-corrected chi connectivity index (χ0v) is 12.7. The van der Waals surface area contributed by atoms with Gasteiger partial charge in [-0.05, 0) is 18.6 Å². The lowest BCUT2D eigenvalue weighted by molar-refractivity contribution is 0.589. The van der Waals surface area contributed by atoms with Crippen LogP contribution in [0.1, 0.15) is 20.3 Å². The molecule has 0 saturated carbocycles. The van der Waals surface area contributed by atoms with E-state index in [1.165, 1.54) is 24.3 Å². The number of hydrogen-bond acceptors (Lipinski definition) is 5. The van der Waals surface area contributed by atoms with Crippen LogP contribution in [0.5, 0.6) is 0 Å². The normalized spacial score (nSPS) is 14.1. The van der Waals surface area contributed by atoms with Gasteiger partial charge in [0.2, 0.25) is 9.84 Å². The van der Waals surface area contributed by atoms with Crippen LogP contribution >= 0.6 is 0 Å². The summed E-state index contributed by atoms with van der Waals surface area (Å²) in [6, 6.07) is 5.38. The molecule has 0 aliphatic rings. The number of rotatable bonds is 4. The van der Waals surface area contributed by atoms with Gasteiger partial charge < -0.3 is 0 Å². The van der Waals surface area contributed by atoms with Gasteiger partial charge in [0.25, 0.3) is 0 Å². The lowest BCUT2D eigenvalue weighted by Crippen LogP contribution is -2.22. The van der Waals surface area contributed by atoms with Crippen molar-refractivity contribution in [2.24, 2.45) is 5.92 Å². The van der Waals surface area contributed by atoms with Crippen molar-refractivity contribution >= 4 is 24.7 Å². The van der Waals surface area contributed by atoms with E-state index in [1.54, 1.807) is 13.8 Å². The van der Waals surface area contributed by atoms with Gasteiger partial charge in [-0.3, -0.25) is 5.41 Å². The van der Waals surface area contributed by atoms with E-state index < -0.39 is 30.6 Å². The third kappa shape index (κ3) is 3.22. The molecular formula is C12H17NO4S2. The van der Waals surface area contributed by atoms with Crippen LogP contribution in [-0.2, 0) is 19.7 Å². The van der Waals surface area contributed by atoms with E-state index in [0.29, 0.717) is 6.42 Å². The van der Waals surface area contributed by atoms with Crippen molar-refractivity contribution in [3.63, 3.8) is 0 Å². The molecule has 1 atom stereocenters. The van der Waals surface area contributed by atoms with E-state index in [-0.39, 0.29) is 9.79 Å². The fourth-order valence-electron chi connectivity index (χ4n) is 1.55.